The molecular weight excluding hydrogens is 294 g/mol. The predicted molar refractivity (Wildman–Crippen MR) is 74.4 cm³/mol. The zero-order valence-electron chi connectivity index (χ0n) is 10.0. The van der Waals surface area contributed by atoms with Gasteiger partial charge in [0.15, 0.2) is 0 Å². The third-order valence-electron chi connectivity index (χ3n) is 2.62. The number of hydrogen-bond donors (Lipinski definition) is 2. The average molecular weight is 308 g/mol. The van der Waals surface area contributed by atoms with Crippen molar-refractivity contribution >= 4 is 27.5 Å². The van der Waals surface area contributed by atoms with Crippen molar-refractivity contribution in [3.63, 3.8) is 0 Å². The van der Waals surface area contributed by atoms with Gasteiger partial charge in [0, 0.05) is 28.5 Å². The molecule has 1 amide bonds. The summed E-state index contributed by atoms with van der Waals surface area (Å²) < 4.78 is 1.04. The lowest BCUT2D eigenvalue weighted by molar-refractivity contribution is -0.116. The minimum absolute atomic E-state index is 0.00585. The Balaban J connectivity index is 1.88. The number of rotatable bonds is 4. The number of carbonyl (C=O) groups is 1. The number of nitrogens with zero attached hydrogens (tertiary/aromatic N) is 1. The van der Waals surface area contributed by atoms with E-state index in [1.807, 2.05) is 25.1 Å². The first-order valence-electron chi connectivity index (χ1n) is 5.68. The molecule has 0 aliphatic carbocycles. The highest BCUT2D eigenvalue weighted by atomic mass is 79.9. The maximum atomic E-state index is 11.7. The second-order valence-corrected chi connectivity index (χ2v) is 4.94. The molecule has 0 saturated carbocycles. The number of aromatic nitrogens is 2. The van der Waals surface area contributed by atoms with E-state index < -0.39 is 0 Å². The molecule has 1 aromatic carbocycles. The lowest BCUT2D eigenvalue weighted by Crippen LogP contribution is -2.12. The highest BCUT2D eigenvalue weighted by Crippen LogP contribution is 2.20. The van der Waals surface area contributed by atoms with E-state index in [9.17, 15) is 4.79 Å². The lowest BCUT2D eigenvalue weighted by Gasteiger charge is -2.06. The SMILES string of the molecule is Cc1cc(NC(=O)CCc2cnc[nH]2)ccc1Br. The summed E-state index contributed by atoms with van der Waals surface area (Å²) in [7, 11) is 0. The van der Waals surface area contributed by atoms with Gasteiger partial charge in [-0.1, -0.05) is 15.9 Å². The molecule has 1 aromatic heterocycles. The number of benzene rings is 1. The van der Waals surface area contributed by atoms with Crippen molar-refractivity contribution in [1.29, 1.82) is 0 Å². The van der Waals surface area contributed by atoms with Gasteiger partial charge in [-0.25, -0.2) is 4.98 Å². The van der Waals surface area contributed by atoms with Crippen LogP contribution in [0.3, 0.4) is 0 Å². The van der Waals surface area contributed by atoms with Crippen LogP contribution in [0.4, 0.5) is 5.69 Å². The van der Waals surface area contributed by atoms with Crippen molar-refractivity contribution in [2.24, 2.45) is 0 Å². The van der Waals surface area contributed by atoms with E-state index >= 15 is 0 Å². The quantitative estimate of drug-likeness (QED) is 0.912. The van der Waals surface area contributed by atoms with E-state index in [2.05, 4.69) is 31.2 Å². The van der Waals surface area contributed by atoms with Gasteiger partial charge in [-0.05, 0) is 37.1 Å². The molecule has 4 nitrogen and oxygen atoms in total. The molecule has 0 fully saturated rings. The van der Waals surface area contributed by atoms with Crippen LogP contribution in [0, 0.1) is 6.92 Å². The summed E-state index contributed by atoms with van der Waals surface area (Å²) in [6.45, 7) is 1.99. The van der Waals surface area contributed by atoms with Crippen LogP contribution in [0.5, 0.6) is 0 Å². The highest BCUT2D eigenvalue weighted by molar-refractivity contribution is 9.10. The minimum atomic E-state index is 0.00585. The lowest BCUT2D eigenvalue weighted by atomic mass is 10.2. The van der Waals surface area contributed by atoms with E-state index in [0.717, 1.165) is 21.4 Å². The van der Waals surface area contributed by atoms with E-state index in [-0.39, 0.29) is 5.91 Å². The van der Waals surface area contributed by atoms with Gasteiger partial charge in [0.05, 0.1) is 6.33 Å². The molecule has 2 rings (SSSR count). The number of carbonyl (C=O) groups excluding carboxylic acids is 1. The summed E-state index contributed by atoms with van der Waals surface area (Å²) in [6, 6.07) is 5.75. The molecule has 2 N–H and O–H groups in total. The van der Waals surface area contributed by atoms with E-state index in [4.69, 9.17) is 0 Å². The fourth-order valence-electron chi connectivity index (χ4n) is 1.62. The molecule has 0 unspecified atom stereocenters. The van der Waals surface area contributed by atoms with Crippen molar-refractivity contribution in [3.05, 3.63) is 46.5 Å². The molecule has 0 spiro atoms. The van der Waals surface area contributed by atoms with Crippen molar-refractivity contribution < 1.29 is 4.79 Å². The van der Waals surface area contributed by atoms with Gasteiger partial charge in [0.25, 0.3) is 0 Å². The van der Waals surface area contributed by atoms with Crippen LogP contribution in [-0.2, 0) is 11.2 Å². The van der Waals surface area contributed by atoms with Crippen molar-refractivity contribution in [3.8, 4) is 0 Å². The Labute approximate surface area is 114 Å². The normalized spacial score (nSPS) is 10.3. The molecule has 1 heterocycles. The smallest absolute Gasteiger partial charge is 0.224 e. The number of halogens is 1. The van der Waals surface area contributed by atoms with E-state index in [0.29, 0.717) is 12.8 Å². The van der Waals surface area contributed by atoms with Gasteiger partial charge in [-0.15, -0.1) is 0 Å². The molecule has 5 heteroatoms. The molecule has 0 aliphatic rings. The highest BCUT2D eigenvalue weighted by Gasteiger charge is 2.04. The zero-order chi connectivity index (χ0) is 13.0. The first-order valence-corrected chi connectivity index (χ1v) is 6.47. The largest absolute Gasteiger partial charge is 0.348 e. The Bertz CT molecular complexity index is 537. The number of anilines is 1. The molecule has 0 bridgehead atoms. The minimum Gasteiger partial charge on any atom is -0.348 e. The Morgan fingerprint density at radius 2 is 2.33 bits per heavy atom. The zero-order valence-corrected chi connectivity index (χ0v) is 11.6. The first kappa shape index (κ1) is 12.8. The number of nitrogens with one attached hydrogen (secondary N) is 2. The molecule has 2 aromatic rings. The van der Waals surface area contributed by atoms with Crippen LogP contribution < -0.4 is 5.32 Å². The average Bonchev–Trinajstić information content (AvgIpc) is 2.84. The van der Waals surface area contributed by atoms with Crippen molar-refractivity contribution in [2.45, 2.75) is 19.8 Å². The van der Waals surface area contributed by atoms with Crippen LogP contribution >= 0.6 is 15.9 Å². The molecule has 0 aliphatic heterocycles. The number of aromatic amines is 1. The topological polar surface area (TPSA) is 57.8 Å². The fraction of sp³-hybridized carbons (Fsp3) is 0.231. The van der Waals surface area contributed by atoms with Gasteiger partial charge in [-0.3, -0.25) is 4.79 Å². The maximum absolute atomic E-state index is 11.7. The third-order valence-corrected chi connectivity index (χ3v) is 3.51. The van der Waals surface area contributed by atoms with Gasteiger partial charge in [-0.2, -0.15) is 0 Å². The number of aryl methyl sites for hydroxylation is 2. The number of H-pyrrole nitrogens is 1. The maximum Gasteiger partial charge on any atom is 0.224 e. The summed E-state index contributed by atoms with van der Waals surface area (Å²) in [4.78, 5) is 18.6. The van der Waals surface area contributed by atoms with Gasteiger partial charge >= 0.3 is 0 Å². The molecule has 0 radical (unpaired) electrons. The number of amides is 1. The second-order valence-electron chi connectivity index (χ2n) is 4.09. The van der Waals surface area contributed by atoms with Crippen molar-refractivity contribution in [1.82, 2.24) is 9.97 Å². The molecule has 0 saturated heterocycles. The van der Waals surface area contributed by atoms with Crippen LogP contribution in [0.1, 0.15) is 17.7 Å². The molecule has 18 heavy (non-hydrogen) atoms. The Morgan fingerprint density at radius 1 is 1.50 bits per heavy atom. The number of hydrogen-bond acceptors (Lipinski definition) is 2. The first-order chi connectivity index (χ1) is 8.65. The summed E-state index contributed by atoms with van der Waals surface area (Å²) in [5.41, 5.74) is 2.89. The van der Waals surface area contributed by atoms with Crippen molar-refractivity contribution in [2.75, 3.05) is 5.32 Å². The monoisotopic (exact) mass is 307 g/mol. The van der Waals surface area contributed by atoms with Crippen LogP contribution in [0.15, 0.2) is 35.2 Å². The Morgan fingerprint density at radius 3 is 3.00 bits per heavy atom. The van der Waals surface area contributed by atoms with Crippen LogP contribution in [0.2, 0.25) is 0 Å². The predicted octanol–water partition coefficient (Wildman–Crippen LogP) is 3.05. The standard InChI is InChI=1S/C13H14BrN3O/c1-9-6-10(2-4-12(9)14)17-13(18)5-3-11-7-15-8-16-11/h2,4,6-8H,3,5H2,1H3,(H,15,16)(H,17,18). The third kappa shape index (κ3) is 3.43. The van der Waals surface area contributed by atoms with E-state index in [1.165, 1.54) is 0 Å². The fourth-order valence-corrected chi connectivity index (χ4v) is 1.86. The summed E-state index contributed by atoms with van der Waals surface area (Å²) in [5, 5.41) is 2.88. The second kappa shape index (κ2) is 5.82. The van der Waals surface area contributed by atoms with E-state index in [1.54, 1.807) is 12.5 Å². The Hall–Kier alpha value is -1.62. The van der Waals surface area contributed by atoms with Gasteiger partial charge in [0.2, 0.25) is 5.91 Å². The van der Waals surface area contributed by atoms with Gasteiger partial charge in [0.1, 0.15) is 0 Å². The molecular formula is C13H14BrN3O. The van der Waals surface area contributed by atoms with Gasteiger partial charge < -0.3 is 10.3 Å². The Kier molecular flexibility index (Phi) is 4.15. The summed E-state index contributed by atoms with van der Waals surface area (Å²) >= 11 is 3.43. The van der Waals surface area contributed by atoms with Crippen LogP contribution in [0.25, 0.3) is 0 Å². The number of imidazole rings is 1. The van der Waals surface area contributed by atoms with Crippen LogP contribution in [-0.4, -0.2) is 15.9 Å². The summed E-state index contributed by atoms with van der Waals surface area (Å²) in [6.07, 6.45) is 4.46. The molecule has 0 atom stereocenters. The summed E-state index contributed by atoms with van der Waals surface area (Å²) in [5.74, 6) is 0.00585. The molecule has 94 valence electrons.